The Labute approximate surface area is 203 Å². The van der Waals surface area contributed by atoms with Crippen molar-refractivity contribution in [2.75, 3.05) is 18.7 Å². The number of urea groups is 1. The topological polar surface area (TPSA) is 71.1 Å². The summed E-state index contributed by atoms with van der Waals surface area (Å²) in [6.45, 7) is 6.81. The first kappa shape index (κ1) is 23.6. The fourth-order valence-corrected chi connectivity index (χ4v) is 4.44. The van der Waals surface area contributed by atoms with Gasteiger partial charge in [0.1, 0.15) is 6.54 Å². The number of thiophene rings is 1. The van der Waals surface area contributed by atoms with E-state index in [1.165, 1.54) is 0 Å². The normalized spacial score (nSPS) is 12.0. The Morgan fingerprint density at radius 2 is 1.82 bits per heavy atom. The first-order valence-corrected chi connectivity index (χ1v) is 12.1. The molecule has 1 aliphatic rings. The van der Waals surface area contributed by atoms with Gasteiger partial charge in [0.05, 0.1) is 6.54 Å². The minimum atomic E-state index is -0.295. The third-order valence-electron chi connectivity index (χ3n) is 5.67. The van der Waals surface area contributed by atoms with Gasteiger partial charge in [0.25, 0.3) is 0 Å². The molecule has 8 heteroatoms. The highest BCUT2D eigenvalue weighted by atomic mass is 32.1. The molecule has 2 aromatic carbocycles. The maximum Gasteiger partial charge on any atom is 0.322 e. The van der Waals surface area contributed by atoms with Crippen molar-refractivity contribution < 1.29 is 19.1 Å². The predicted octanol–water partition coefficient (Wildman–Crippen LogP) is 5.26. The van der Waals surface area contributed by atoms with Crippen molar-refractivity contribution in [2.24, 2.45) is 0 Å². The number of benzene rings is 2. The molecule has 4 rings (SSSR count). The summed E-state index contributed by atoms with van der Waals surface area (Å²) in [7, 11) is 0. The van der Waals surface area contributed by atoms with E-state index < -0.39 is 0 Å². The van der Waals surface area contributed by atoms with Crippen LogP contribution in [-0.4, -0.2) is 41.1 Å². The summed E-state index contributed by atoms with van der Waals surface area (Å²) in [4.78, 5) is 31.0. The second-order valence-electron chi connectivity index (χ2n) is 8.48. The number of hydrogen-bond donors (Lipinski definition) is 1. The summed E-state index contributed by atoms with van der Waals surface area (Å²) >= 11 is 1.60. The Kier molecular flexibility index (Phi) is 7.37. The van der Waals surface area contributed by atoms with Crippen molar-refractivity contribution in [1.82, 2.24) is 9.80 Å². The van der Waals surface area contributed by atoms with Crippen molar-refractivity contribution in [3.8, 4) is 11.5 Å². The number of carbonyl (C=O) groups excluding carboxylic acids is 2. The van der Waals surface area contributed by atoms with Gasteiger partial charge in [-0.3, -0.25) is 4.79 Å². The van der Waals surface area contributed by atoms with Crippen molar-refractivity contribution in [3.63, 3.8) is 0 Å². The van der Waals surface area contributed by atoms with Gasteiger partial charge in [-0.05, 0) is 61.5 Å². The molecule has 3 aromatic rings. The number of fused-ring (bicyclic) bond motifs is 1. The van der Waals surface area contributed by atoms with Crippen LogP contribution < -0.4 is 14.8 Å². The Morgan fingerprint density at radius 3 is 2.56 bits per heavy atom. The van der Waals surface area contributed by atoms with Gasteiger partial charge in [-0.1, -0.05) is 30.3 Å². The number of ether oxygens (including phenoxy) is 2. The summed E-state index contributed by atoms with van der Waals surface area (Å²) in [6.07, 6.45) is 0. The van der Waals surface area contributed by atoms with Crippen LogP contribution in [0.2, 0.25) is 0 Å². The van der Waals surface area contributed by atoms with E-state index in [1.807, 2.05) is 80.7 Å². The van der Waals surface area contributed by atoms with E-state index in [9.17, 15) is 9.59 Å². The van der Waals surface area contributed by atoms with Crippen LogP contribution in [0.15, 0.2) is 60.0 Å². The molecule has 34 heavy (non-hydrogen) atoms. The van der Waals surface area contributed by atoms with Gasteiger partial charge in [0.2, 0.25) is 12.7 Å². The van der Waals surface area contributed by atoms with Crippen LogP contribution in [0.3, 0.4) is 0 Å². The second kappa shape index (κ2) is 10.6. The van der Waals surface area contributed by atoms with Gasteiger partial charge in [-0.2, -0.15) is 0 Å². The van der Waals surface area contributed by atoms with Gasteiger partial charge >= 0.3 is 6.03 Å². The van der Waals surface area contributed by atoms with Gasteiger partial charge in [0, 0.05) is 23.2 Å². The van der Waals surface area contributed by atoms with Crippen molar-refractivity contribution in [1.29, 1.82) is 0 Å². The number of aryl methyl sites for hydroxylation is 1. The van der Waals surface area contributed by atoms with E-state index in [0.717, 1.165) is 21.7 Å². The van der Waals surface area contributed by atoms with E-state index in [1.54, 1.807) is 21.1 Å². The van der Waals surface area contributed by atoms with Crippen LogP contribution in [0.25, 0.3) is 0 Å². The van der Waals surface area contributed by atoms with Crippen LogP contribution in [0.4, 0.5) is 10.5 Å². The highest BCUT2D eigenvalue weighted by Gasteiger charge is 2.25. The Morgan fingerprint density at radius 1 is 1.03 bits per heavy atom. The molecule has 1 aromatic heterocycles. The molecular weight excluding hydrogens is 450 g/mol. The molecule has 0 bridgehead atoms. The Balaban J connectivity index is 1.50. The minimum absolute atomic E-state index is 0.0225. The molecule has 3 amide bonds. The summed E-state index contributed by atoms with van der Waals surface area (Å²) in [5.41, 5.74) is 2.64. The summed E-state index contributed by atoms with van der Waals surface area (Å²) in [5.74, 6) is 1.26. The fraction of sp³-hybridized carbons (Fsp3) is 0.308. The monoisotopic (exact) mass is 479 g/mol. The lowest BCUT2D eigenvalue weighted by molar-refractivity contribution is -0.133. The van der Waals surface area contributed by atoms with E-state index >= 15 is 0 Å². The fourth-order valence-electron chi connectivity index (χ4n) is 3.72. The number of carbonyl (C=O) groups is 2. The Hall–Kier alpha value is -3.52. The molecule has 1 N–H and O–H groups in total. The number of hydrogen-bond acceptors (Lipinski definition) is 5. The maximum atomic E-state index is 13.5. The molecule has 2 heterocycles. The molecule has 0 fully saturated rings. The number of nitrogens with one attached hydrogen (secondary N) is 1. The quantitative estimate of drug-likeness (QED) is 0.479. The molecule has 178 valence electrons. The maximum absolute atomic E-state index is 13.5. The molecule has 0 saturated heterocycles. The first-order valence-electron chi connectivity index (χ1n) is 11.2. The molecule has 0 saturated carbocycles. The van der Waals surface area contributed by atoms with Crippen LogP contribution in [0.5, 0.6) is 11.5 Å². The smallest absolute Gasteiger partial charge is 0.322 e. The molecule has 0 unspecified atom stereocenters. The average molecular weight is 480 g/mol. The molecular formula is C26H29N3O4S. The van der Waals surface area contributed by atoms with Crippen molar-refractivity contribution in [3.05, 3.63) is 76.0 Å². The lowest BCUT2D eigenvalue weighted by Crippen LogP contribution is -2.47. The van der Waals surface area contributed by atoms with Crippen LogP contribution in [0.1, 0.15) is 29.9 Å². The number of amides is 3. The van der Waals surface area contributed by atoms with Gasteiger partial charge in [-0.15, -0.1) is 11.3 Å². The van der Waals surface area contributed by atoms with E-state index in [4.69, 9.17) is 9.47 Å². The lowest BCUT2D eigenvalue weighted by atomic mass is 10.1. The highest BCUT2D eigenvalue weighted by molar-refractivity contribution is 7.09. The average Bonchev–Trinajstić information content (AvgIpc) is 3.49. The Bertz CT molecular complexity index is 1150. The third-order valence-corrected chi connectivity index (χ3v) is 6.53. The number of rotatable bonds is 8. The standard InChI is InChI=1S/C26H29N3O4S/c1-18(2)29(26(31)27-22-9-5-4-7-19(22)3)16-25(30)28(15-21-8-6-12-34-21)14-20-10-11-23-24(13-20)33-17-32-23/h4-13,18H,14-17H2,1-3H3,(H,27,31). The van der Waals surface area contributed by atoms with E-state index in [-0.39, 0.29) is 31.3 Å². The lowest BCUT2D eigenvalue weighted by Gasteiger charge is -2.30. The summed E-state index contributed by atoms with van der Waals surface area (Å²) in [6, 6.07) is 16.8. The summed E-state index contributed by atoms with van der Waals surface area (Å²) < 4.78 is 10.9. The van der Waals surface area contributed by atoms with Crippen molar-refractivity contribution >= 4 is 29.0 Å². The summed E-state index contributed by atoms with van der Waals surface area (Å²) in [5, 5.41) is 4.94. The molecule has 0 aliphatic carbocycles. The van der Waals surface area contributed by atoms with Crippen LogP contribution in [0, 0.1) is 6.92 Å². The minimum Gasteiger partial charge on any atom is -0.454 e. The van der Waals surface area contributed by atoms with E-state index in [2.05, 4.69) is 5.32 Å². The zero-order valence-electron chi connectivity index (χ0n) is 19.6. The van der Waals surface area contributed by atoms with Gasteiger partial charge < -0.3 is 24.6 Å². The van der Waals surface area contributed by atoms with Gasteiger partial charge in [-0.25, -0.2) is 4.79 Å². The zero-order chi connectivity index (χ0) is 24.1. The number of anilines is 1. The van der Waals surface area contributed by atoms with E-state index in [0.29, 0.717) is 24.6 Å². The van der Waals surface area contributed by atoms with Crippen molar-refractivity contribution in [2.45, 2.75) is 39.9 Å². The largest absolute Gasteiger partial charge is 0.454 e. The zero-order valence-corrected chi connectivity index (χ0v) is 20.4. The molecule has 1 aliphatic heterocycles. The van der Waals surface area contributed by atoms with Crippen LogP contribution in [-0.2, 0) is 17.9 Å². The SMILES string of the molecule is Cc1ccccc1NC(=O)N(CC(=O)N(Cc1ccc2c(c1)OCO2)Cc1cccs1)C(C)C. The predicted molar refractivity (Wildman–Crippen MR) is 133 cm³/mol. The number of para-hydroxylation sites is 1. The first-order chi connectivity index (χ1) is 16.4. The highest BCUT2D eigenvalue weighted by Crippen LogP contribution is 2.33. The van der Waals surface area contributed by atoms with Crippen LogP contribution >= 0.6 is 11.3 Å². The second-order valence-corrected chi connectivity index (χ2v) is 9.52. The number of nitrogens with zero attached hydrogens (tertiary/aromatic N) is 2. The molecule has 0 atom stereocenters. The molecule has 0 spiro atoms. The molecule has 7 nitrogen and oxygen atoms in total. The molecule has 0 radical (unpaired) electrons. The van der Waals surface area contributed by atoms with Gasteiger partial charge in [0.15, 0.2) is 11.5 Å². The third kappa shape index (κ3) is 5.69.